The van der Waals surface area contributed by atoms with E-state index >= 15 is 0 Å². The van der Waals surface area contributed by atoms with Crippen molar-refractivity contribution in [1.29, 1.82) is 0 Å². The maximum absolute atomic E-state index is 11.3. The molecule has 0 spiro atoms. The Bertz CT molecular complexity index is 474. The van der Waals surface area contributed by atoms with E-state index in [0.717, 1.165) is 35.7 Å². The van der Waals surface area contributed by atoms with Crippen LogP contribution >= 0.6 is 11.8 Å². The van der Waals surface area contributed by atoms with Gasteiger partial charge >= 0.3 is 5.97 Å². The lowest BCUT2D eigenvalue weighted by atomic mass is 9.86. The molecule has 0 bridgehead atoms. The van der Waals surface area contributed by atoms with Crippen molar-refractivity contribution in [2.45, 2.75) is 43.2 Å². The molecule has 0 saturated heterocycles. The van der Waals surface area contributed by atoms with Crippen LogP contribution in [-0.4, -0.2) is 32.1 Å². The standard InChI is InChI=1S/C13H21N3O2S/c1-9-8-11(16(2)15-9)19-7-5-10-4-3-6-13(10,14)12(17)18/h8,10H,3-7,14H2,1-2H3,(H,17,18). The number of hydrogen-bond acceptors (Lipinski definition) is 4. The summed E-state index contributed by atoms with van der Waals surface area (Å²) < 4.78 is 1.86. The number of aliphatic carboxylic acids is 1. The number of aryl methyl sites for hydroxylation is 2. The van der Waals surface area contributed by atoms with Gasteiger partial charge in [-0.3, -0.25) is 9.48 Å². The van der Waals surface area contributed by atoms with Crippen molar-refractivity contribution in [3.05, 3.63) is 11.8 Å². The Labute approximate surface area is 117 Å². The molecular weight excluding hydrogens is 262 g/mol. The van der Waals surface area contributed by atoms with Crippen LogP contribution in [0.5, 0.6) is 0 Å². The maximum atomic E-state index is 11.3. The number of nitrogens with zero attached hydrogens (tertiary/aromatic N) is 2. The monoisotopic (exact) mass is 283 g/mol. The summed E-state index contributed by atoms with van der Waals surface area (Å²) >= 11 is 1.72. The number of rotatable bonds is 5. The summed E-state index contributed by atoms with van der Waals surface area (Å²) in [5, 5.41) is 14.7. The Morgan fingerprint density at radius 3 is 3.05 bits per heavy atom. The van der Waals surface area contributed by atoms with Gasteiger partial charge in [0, 0.05) is 7.05 Å². The highest BCUT2D eigenvalue weighted by Gasteiger charge is 2.45. The first kappa shape index (κ1) is 14.4. The molecule has 0 aromatic carbocycles. The summed E-state index contributed by atoms with van der Waals surface area (Å²) in [6.45, 7) is 1.97. The molecule has 6 heteroatoms. The van der Waals surface area contributed by atoms with Crippen molar-refractivity contribution >= 4 is 17.7 Å². The third-order valence-electron chi connectivity index (χ3n) is 3.95. The molecule has 1 saturated carbocycles. The lowest BCUT2D eigenvalue weighted by Crippen LogP contribution is -2.51. The van der Waals surface area contributed by atoms with Gasteiger partial charge in [-0.2, -0.15) is 5.10 Å². The molecule has 0 amide bonds. The van der Waals surface area contributed by atoms with Crippen LogP contribution in [0.4, 0.5) is 0 Å². The van der Waals surface area contributed by atoms with Crippen molar-refractivity contribution < 1.29 is 9.90 Å². The summed E-state index contributed by atoms with van der Waals surface area (Å²) in [7, 11) is 1.93. The lowest BCUT2D eigenvalue weighted by molar-refractivity contribution is -0.144. The van der Waals surface area contributed by atoms with Gasteiger partial charge in [-0.15, -0.1) is 11.8 Å². The van der Waals surface area contributed by atoms with Crippen molar-refractivity contribution in [3.8, 4) is 0 Å². The molecule has 3 N–H and O–H groups in total. The number of thioether (sulfide) groups is 1. The first-order chi connectivity index (χ1) is 8.93. The van der Waals surface area contributed by atoms with Crippen LogP contribution in [0.15, 0.2) is 11.1 Å². The molecule has 2 unspecified atom stereocenters. The number of hydrogen-bond donors (Lipinski definition) is 2. The van der Waals surface area contributed by atoms with E-state index in [1.54, 1.807) is 11.8 Å². The average Bonchev–Trinajstić information content (AvgIpc) is 2.84. The molecule has 1 aromatic rings. The first-order valence-electron chi connectivity index (χ1n) is 6.59. The predicted molar refractivity (Wildman–Crippen MR) is 75.2 cm³/mol. The highest BCUT2D eigenvalue weighted by Crippen LogP contribution is 2.37. The van der Waals surface area contributed by atoms with Crippen molar-refractivity contribution in [1.82, 2.24) is 9.78 Å². The third kappa shape index (κ3) is 2.95. The van der Waals surface area contributed by atoms with Gasteiger partial charge < -0.3 is 10.8 Å². The maximum Gasteiger partial charge on any atom is 0.323 e. The zero-order chi connectivity index (χ0) is 14.0. The molecule has 106 valence electrons. The van der Waals surface area contributed by atoms with Gasteiger partial charge in [0.1, 0.15) is 5.54 Å². The van der Waals surface area contributed by atoms with Gasteiger partial charge in [-0.05, 0) is 43.9 Å². The van der Waals surface area contributed by atoms with E-state index in [-0.39, 0.29) is 5.92 Å². The number of aromatic nitrogens is 2. The largest absolute Gasteiger partial charge is 0.480 e. The number of carboxylic acids is 1. The van der Waals surface area contributed by atoms with Crippen molar-refractivity contribution in [2.75, 3.05) is 5.75 Å². The van der Waals surface area contributed by atoms with Gasteiger partial charge in [0.05, 0.1) is 10.7 Å². The van der Waals surface area contributed by atoms with Gasteiger partial charge in [0.25, 0.3) is 0 Å². The van der Waals surface area contributed by atoms with E-state index in [1.165, 1.54) is 0 Å². The van der Waals surface area contributed by atoms with Crippen LogP contribution in [0.2, 0.25) is 0 Å². The van der Waals surface area contributed by atoms with Gasteiger partial charge in [-0.25, -0.2) is 0 Å². The zero-order valence-corrected chi connectivity index (χ0v) is 12.2. The van der Waals surface area contributed by atoms with E-state index in [9.17, 15) is 9.90 Å². The average molecular weight is 283 g/mol. The Hall–Kier alpha value is -1.01. The Balaban J connectivity index is 1.89. The minimum absolute atomic E-state index is 0.0897. The molecule has 1 aliphatic rings. The number of carboxylic acid groups (broad SMARTS) is 1. The van der Waals surface area contributed by atoms with Crippen LogP contribution in [0.25, 0.3) is 0 Å². The number of carbonyl (C=O) groups is 1. The van der Waals surface area contributed by atoms with Gasteiger partial charge in [-0.1, -0.05) is 6.42 Å². The van der Waals surface area contributed by atoms with Gasteiger partial charge in [0.15, 0.2) is 0 Å². The fraction of sp³-hybridized carbons (Fsp3) is 0.692. The number of nitrogens with two attached hydrogens (primary N) is 1. The highest BCUT2D eigenvalue weighted by molar-refractivity contribution is 7.99. The summed E-state index contributed by atoms with van der Waals surface area (Å²) in [5.74, 6) is 0.124. The fourth-order valence-electron chi connectivity index (χ4n) is 2.81. The molecule has 5 nitrogen and oxygen atoms in total. The quantitative estimate of drug-likeness (QED) is 0.805. The van der Waals surface area contributed by atoms with E-state index in [1.807, 2.05) is 24.7 Å². The Morgan fingerprint density at radius 2 is 2.47 bits per heavy atom. The van der Waals surface area contributed by atoms with E-state index < -0.39 is 11.5 Å². The highest BCUT2D eigenvalue weighted by atomic mass is 32.2. The van der Waals surface area contributed by atoms with Crippen molar-refractivity contribution in [3.63, 3.8) is 0 Å². The van der Waals surface area contributed by atoms with Crippen LogP contribution in [0.1, 0.15) is 31.4 Å². The lowest BCUT2D eigenvalue weighted by Gasteiger charge is -2.26. The molecule has 1 heterocycles. The molecule has 2 rings (SSSR count). The van der Waals surface area contributed by atoms with Crippen LogP contribution in [0.3, 0.4) is 0 Å². The molecule has 1 fully saturated rings. The second kappa shape index (κ2) is 5.54. The minimum Gasteiger partial charge on any atom is -0.480 e. The summed E-state index contributed by atoms with van der Waals surface area (Å²) in [6.07, 6.45) is 3.29. The molecule has 19 heavy (non-hydrogen) atoms. The predicted octanol–water partition coefficient (Wildman–Crippen LogP) is 1.79. The second-order valence-corrected chi connectivity index (χ2v) is 6.43. The smallest absolute Gasteiger partial charge is 0.323 e. The van der Waals surface area contributed by atoms with E-state index in [0.29, 0.717) is 6.42 Å². The van der Waals surface area contributed by atoms with Gasteiger partial charge in [0.2, 0.25) is 0 Å². The molecule has 0 radical (unpaired) electrons. The summed E-state index contributed by atoms with van der Waals surface area (Å²) in [5.41, 5.74) is 6.03. The van der Waals surface area contributed by atoms with Crippen LogP contribution in [0, 0.1) is 12.8 Å². The third-order valence-corrected chi connectivity index (χ3v) is 5.06. The summed E-state index contributed by atoms with van der Waals surface area (Å²) in [6, 6.07) is 2.05. The second-order valence-electron chi connectivity index (χ2n) is 5.32. The van der Waals surface area contributed by atoms with Crippen molar-refractivity contribution in [2.24, 2.45) is 18.7 Å². The molecular formula is C13H21N3O2S. The fourth-order valence-corrected chi connectivity index (χ4v) is 3.91. The Kier molecular flexibility index (Phi) is 4.20. The molecule has 1 aliphatic carbocycles. The van der Waals surface area contributed by atoms with Crippen LogP contribution < -0.4 is 5.73 Å². The minimum atomic E-state index is -1.01. The topological polar surface area (TPSA) is 81.1 Å². The van der Waals surface area contributed by atoms with E-state index in [4.69, 9.17) is 5.73 Å². The normalized spacial score (nSPS) is 26.8. The van der Waals surface area contributed by atoms with E-state index in [2.05, 4.69) is 5.10 Å². The molecule has 2 atom stereocenters. The zero-order valence-electron chi connectivity index (χ0n) is 11.4. The van der Waals surface area contributed by atoms with Crippen LogP contribution in [-0.2, 0) is 11.8 Å². The molecule has 1 aromatic heterocycles. The summed E-state index contributed by atoms with van der Waals surface area (Å²) in [4.78, 5) is 11.3. The molecule has 0 aliphatic heterocycles. The SMILES string of the molecule is Cc1cc(SCCC2CCCC2(N)C(=O)O)n(C)n1. The Morgan fingerprint density at radius 1 is 1.74 bits per heavy atom. The first-order valence-corrected chi connectivity index (χ1v) is 7.58.